The highest BCUT2D eigenvalue weighted by atomic mass is 35.5. The van der Waals surface area contributed by atoms with Crippen LogP contribution in [0.5, 0.6) is 5.75 Å². The number of carbonyl (C=O) groups is 1. The van der Waals surface area contributed by atoms with Crippen molar-refractivity contribution in [3.05, 3.63) is 40.8 Å². The predicted octanol–water partition coefficient (Wildman–Crippen LogP) is 2.82. The Hall–Kier alpha value is -2.15. The molecule has 0 spiro atoms. The molecule has 0 saturated carbocycles. The van der Waals surface area contributed by atoms with Crippen LogP contribution in [0.1, 0.15) is 31.6 Å². The molecule has 0 fully saturated rings. The number of aromatic nitrogens is 2. The molecule has 2 atom stereocenters. The van der Waals surface area contributed by atoms with Crippen LogP contribution >= 0.6 is 11.6 Å². The SMILES string of the molecule is Cc1noc(C(C)NC(=O)C(C)Oc2ccc(F)cc2Cl)n1. The lowest BCUT2D eigenvalue weighted by molar-refractivity contribution is -0.128. The highest BCUT2D eigenvalue weighted by Crippen LogP contribution is 2.26. The minimum atomic E-state index is -0.825. The second-order valence-electron chi connectivity index (χ2n) is 4.74. The van der Waals surface area contributed by atoms with Crippen molar-refractivity contribution >= 4 is 17.5 Å². The summed E-state index contributed by atoms with van der Waals surface area (Å²) in [6, 6.07) is 3.23. The standard InChI is InChI=1S/C14H15ClFN3O3/c1-7(14-18-9(3)19-22-14)17-13(20)8(2)21-12-5-4-10(16)6-11(12)15/h4-8H,1-3H3,(H,17,20). The fraction of sp³-hybridized carbons (Fsp3) is 0.357. The van der Waals surface area contributed by atoms with Crippen LogP contribution in [-0.2, 0) is 4.79 Å². The summed E-state index contributed by atoms with van der Waals surface area (Å²) in [5.41, 5.74) is 0. The first-order valence-corrected chi connectivity index (χ1v) is 6.97. The number of ether oxygens (including phenoxy) is 1. The minimum Gasteiger partial charge on any atom is -0.479 e. The average molecular weight is 328 g/mol. The van der Waals surface area contributed by atoms with E-state index in [1.54, 1.807) is 20.8 Å². The predicted molar refractivity (Wildman–Crippen MR) is 77.1 cm³/mol. The number of hydrogen-bond acceptors (Lipinski definition) is 5. The molecule has 1 aromatic carbocycles. The molecule has 0 saturated heterocycles. The van der Waals surface area contributed by atoms with Crippen LogP contribution in [0.3, 0.4) is 0 Å². The second kappa shape index (κ2) is 6.74. The van der Waals surface area contributed by atoms with E-state index in [-0.39, 0.29) is 16.7 Å². The molecular formula is C14H15ClFN3O3. The molecule has 8 heteroatoms. The molecular weight excluding hydrogens is 313 g/mol. The van der Waals surface area contributed by atoms with Crippen molar-refractivity contribution in [2.45, 2.75) is 32.9 Å². The fourth-order valence-corrected chi connectivity index (χ4v) is 1.91. The van der Waals surface area contributed by atoms with Crippen molar-refractivity contribution in [3.63, 3.8) is 0 Å². The molecule has 0 aliphatic heterocycles. The molecule has 2 aromatic rings. The molecule has 1 amide bonds. The van der Waals surface area contributed by atoms with Crippen molar-refractivity contribution in [2.75, 3.05) is 0 Å². The van der Waals surface area contributed by atoms with Gasteiger partial charge < -0.3 is 14.6 Å². The van der Waals surface area contributed by atoms with E-state index in [9.17, 15) is 9.18 Å². The highest BCUT2D eigenvalue weighted by molar-refractivity contribution is 6.32. The number of aryl methyl sites for hydroxylation is 1. The Morgan fingerprint density at radius 3 is 2.77 bits per heavy atom. The van der Waals surface area contributed by atoms with Gasteiger partial charge in [-0.3, -0.25) is 4.79 Å². The van der Waals surface area contributed by atoms with E-state index in [2.05, 4.69) is 15.5 Å². The summed E-state index contributed by atoms with van der Waals surface area (Å²) in [5, 5.41) is 6.44. The van der Waals surface area contributed by atoms with Crippen LogP contribution in [-0.4, -0.2) is 22.2 Å². The summed E-state index contributed by atoms with van der Waals surface area (Å²) in [6.45, 7) is 4.95. The van der Waals surface area contributed by atoms with Gasteiger partial charge in [0.2, 0.25) is 5.89 Å². The Labute approximate surface area is 131 Å². The molecule has 22 heavy (non-hydrogen) atoms. The Balaban J connectivity index is 1.97. The summed E-state index contributed by atoms with van der Waals surface area (Å²) in [4.78, 5) is 16.1. The van der Waals surface area contributed by atoms with E-state index < -0.39 is 18.0 Å². The molecule has 2 rings (SSSR count). The van der Waals surface area contributed by atoms with Gasteiger partial charge in [-0.1, -0.05) is 16.8 Å². The van der Waals surface area contributed by atoms with Crippen LogP contribution < -0.4 is 10.1 Å². The van der Waals surface area contributed by atoms with Crippen LogP contribution in [0, 0.1) is 12.7 Å². The van der Waals surface area contributed by atoms with Crippen LogP contribution in [0.2, 0.25) is 5.02 Å². The van der Waals surface area contributed by atoms with Gasteiger partial charge >= 0.3 is 0 Å². The maximum absolute atomic E-state index is 13.0. The van der Waals surface area contributed by atoms with Gasteiger partial charge in [-0.25, -0.2) is 4.39 Å². The van der Waals surface area contributed by atoms with Crippen LogP contribution in [0.4, 0.5) is 4.39 Å². The zero-order valence-corrected chi connectivity index (χ0v) is 13.0. The molecule has 2 unspecified atom stereocenters. The monoisotopic (exact) mass is 327 g/mol. The van der Waals surface area contributed by atoms with Crippen LogP contribution in [0.25, 0.3) is 0 Å². The summed E-state index contributed by atoms with van der Waals surface area (Å²) in [7, 11) is 0. The van der Waals surface area contributed by atoms with E-state index in [0.29, 0.717) is 11.7 Å². The van der Waals surface area contributed by atoms with Gasteiger partial charge in [0.1, 0.15) is 17.6 Å². The highest BCUT2D eigenvalue weighted by Gasteiger charge is 2.21. The van der Waals surface area contributed by atoms with E-state index >= 15 is 0 Å². The van der Waals surface area contributed by atoms with Crippen LogP contribution in [0.15, 0.2) is 22.7 Å². The lowest BCUT2D eigenvalue weighted by atomic mass is 10.3. The molecule has 0 radical (unpaired) electrons. The molecule has 6 nitrogen and oxygen atoms in total. The maximum atomic E-state index is 13.0. The van der Waals surface area contributed by atoms with Gasteiger partial charge in [-0.2, -0.15) is 4.98 Å². The van der Waals surface area contributed by atoms with Crippen molar-refractivity contribution < 1.29 is 18.4 Å². The third-order valence-corrected chi connectivity index (χ3v) is 3.13. The number of amides is 1. The lowest BCUT2D eigenvalue weighted by Crippen LogP contribution is -2.37. The largest absolute Gasteiger partial charge is 0.479 e. The third kappa shape index (κ3) is 3.94. The maximum Gasteiger partial charge on any atom is 0.261 e. The van der Waals surface area contributed by atoms with Gasteiger partial charge in [-0.15, -0.1) is 0 Å². The molecule has 1 aromatic heterocycles. The number of nitrogens with one attached hydrogen (secondary N) is 1. The van der Waals surface area contributed by atoms with Gasteiger partial charge in [0.05, 0.1) is 5.02 Å². The molecule has 0 bridgehead atoms. The summed E-state index contributed by atoms with van der Waals surface area (Å²) >= 11 is 5.85. The second-order valence-corrected chi connectivity index (χ2v) is 5.15. The Morgan fingerprint density at radius 1 is 1.45 bits per heavy atom. The van der Waals surface area contributed by atoms with Crippen molar-refractivity contribution in [2.24, 2.45) is 0 Å². The van der Waals surface area contributed by atoms with Gasteiger partial charge in [0, 0.05) is 0 Å². The summed E-state index contributed by atoms with van der Waals surface area (Å²) in [6.07, 6.45) is -0.825. The van der Waals surface area contributed by atoms with Crippen molar-refractivity contribution in [1.29, 1.82) is 0 Å². The molecule has 0 aliphatic carbocycles. The number of carbonyl (C=O) groups excluding carboxylic acids is 1. The number of hydrogen-bond donors (Lipinski definition) is 1. The topological polar surface area (TPSA) is 77.2 Å². The smallest absolute Gasteiger partial charge is 0.261 e. The first kappa shape index (κ1) is 16.2. The Kier molecular flexibility index (Phi) is 4.97. The van der Waals surface area contributed by atoms with E-state index in [1.807, 2.05) is 0 Å². The van der Waals surface area contributed by atoms with E-state index in [4.69, 9.17) is 20.9 Å². The molecule has 1 heterocycles. The quantitative estimate of drug-likeness (QED) is 0.913. The summed E-state index contributed by atoms with van der Waals surface area (Å²) in [5.74, 6) is 0.155. The molecule has 0 aliphatic rings. The van der Waals surface area contributed by atoms with Crippen molar-refractivity contribution in [1.82, 2.24) is 15.5 Å². The average Bonchev–Trinajstić information content (AvgIpc) is 2.88. The first-order chi connectivity index (χ1) is 10.4. The normalized spacial score (nSPS) is 13.5. The summed E-state index contributed by atoms with van der Waals surface area (Å²) < 4.78 is 23.4. The van der Waals surface area contributed by atoms with E-state index in [0.717, 1.165) is 6.07 Å². The first-order valence-electron chi connectivity index (χ1n) is 6.59. The minimum absolute atomic E-state index is 0.0974. The zero-order valence-electron chi connectivity index (χ0n) is 12.3. The zero-order chi connectivity index (χ0) is 16.3. The van der Waals surface area contributed by atoms with Crippen molar-refractivity contribution in [3.8, 4) is 5.75 Å². The Bertz CT molecular complexity index is 677. The number of rotatable bonds is 5. The fourth-order valence-electron chi connectivity index (χ4n) is 1.70. The number of nitrogens with zero attached hydrogens (tertiary/aromatic N) is 2. The molecule has 118 valence electrons. The number of halogens is 2. The van der Waals surface area contributed by atoms with Gasteiger partial charge in [-0.05, 0) is 39.0 Å². The van der Waals surface area contributed by atoms with Gasteiger partial charge in [0.25, 0.3) is 5.91 Å². The molecule has 1 N–H and O–H groups in total. The lowest BCUT2D eigenvalue weighted by Gasteiger charge is -2.17. The number of benzene rings is 1. The Morgan fingerprint density at radius 2 is 2.18 bits per heavy atom. The van der Waals surface area contributed by atoms with E-state index in [1.165, 1.54) is 12.1 Å². The van der Waals surface area contributed by atoms with Gasteiger partial charge in [0.15, 0.2) is 11.9 Å². The third-order valence-electron chi connectivity index (χ3n) is 2.84.